The van der Waals surface area contributed by atoms with Gasteiger partial charge in [-0.05, 0) is 130 Å². The molecule has 8 atom stereocenters. The third-order valence-corrected chi connectivity index (χ3v) is 15.4. The number of rotatable bonds is 10. The Morgan fingerprint density at radius 1 is 0.982 bits per heavy atom. The van der Waals surface area contributed by atoms with Gasteiger partial charge in [0.2, 0.25) is 5.95 Å². The zero-order valence-corrected chi connectivity index (χ0v) is 35.3. The molecule has 0 bridgehead atoms. The Labute approximate surface area is 334 Å². The molecule has 2 heterocycles. The Bertz CT molecular complexity index is 1860. The highest BCUT2D eigenvalue weighted by atomic mass is 32.2. The molecule has 308 valence electrons. The number of nitrogens with one attached hydrogen (secondary N) is 2. The first-order valence-corrected chi connectivity index (χ1v) is 22.4. The molecule has 2 amide bonds. The number of ether oxygens (including phenoxy) is 2. The Morgan fingerprint density at radius 3 is 2.38 bits per heavy atom. The molecule has 3 saturated carbocycles. The van der Waals surface area contributed by atoms with E-state index in [4.69, 9.17) is 9.47 Å². The standard InChI is InChI=1S/C27H46O.C17H18N4O6S/c1-18(2)7-6-8-19(3)23-11-12-24-22-10-9-20-17-21(28)13-15-26(20,4)25(22)14-16-27(23,24)5;1-10-7-11(2)19-16(18-10)20-17(23)21-28(24,25)14-6-4-3-5-13(14)15(22)27-12-8-26-9-12/h9,18-19,21-25,28H,6-8,10-17H2,1-5H3;3-7,12H,8-9H2,1-2H3,(H2,18,19,20,21,23)/t19-,21+,22+,23-,24+,25+,26+,27-;/m1./s1. The highest BCUT2D eigenvalue weighted by molar-refractivity contribution is 7.90. The molecule has 1 aromatic heterocycles. The number of fused-ring (bicyclic) bond motifs is 5. The second-order valence-corrected chi connectivity index (χ2v) is 19.9. The summed E-state index contributed by atoms with van der Waals surface area (Å²) < 4.78 is 37.2. The van der Waals surface area contributed by atoms with Gasteiger partial charge in [-0.25, -0.2) is 32.7 Å². The molecule has 0 spiro atoms. The van der Waals surface area contributed by atoms with Gasteiger partial charge < -0.3 is 14.6 Å². The van der Waals surface area contributed by atoms with Crippen molar-refractivity contribution < 1.29 is 32.6 Å². The quantitative estimate of drug-likeness (QED) is 0.158. The third kappa shape index (κ3) is 9.18. The molecule has 0 unspecified atom stereocenters. The predicted octanol–water partition coefficient (Wildman–Crippen LogP) is 8.55. The van der Waals surface area contributed by atoms with Crippen molar-refractivity contribution in [3.63, 3.8) is 0 Å². The molecule has 4 fully saturated rings. The molecule has 5 aliphatic rings. The number of aliphatic hydroxyl groups is 1. The van der Waals surface area contributed by atoms with Crippen molar-refractivity contribution in [3.8, 4) is 0 Å². The first-order valence-electron chi connectivity index (χ1n) is 20.9. The lowest BCUT2D eigenvalue weighted by molar-refractivity contribution is -0.103. The van der Waals surface area contributed by atoms with Crippen LogP contribution in [0.5, 0.6) is 0 Å². The lowest BCUT2D eigenvalue weighted by Gasteiger charge is -2.58. The molecule has 4 aliphatic carbocycles. The van der Waals surface area contributed by atoms with Gasteiger partial charge in [0.1, 0.15) is 11.0 Å². The summed E-state index contributed by atoms with van der Waals surface area (Å²) in [5, 5.41) is 12.5. The number of nitrogens with zero attached hydrogens (tertiary/aromatic N) is 2. The van der Waals surface area contributed by atoms with Crippen molar-refractivity contribution >= 4 is 28.0 Å². The summed E-state index contributed by atoms with van der Waals surface area (Å²) in [6.07, 6.45) is 16.7. The molecule has 3 N–H and O–H groups in total. The number of hydrogen-bond acceptors (Lipinski definition) is 9. The number of allylic oxidation sites excluding steroid dienone is 1. The first kappa shape index (κ1) is 42.3. The SMILES string of the molecule is CC(C)CCC[C@@H](C)[C@H]1CC[C@H]2[C@@H]3CC=C4C[C@@H](O)CC[C@]4(C)[C@H]3CC[C@]12C.Cc1cc(C)nc(NC(=O)NS(=O)(=O)c2ccccc2C(=O)OC2COC2)n1. The van der Waals surface area contributed by atoms with Gasteiger partial charge in [0, 0.05) is 11.4 Å². The number of anilines is 1. The molecule has 7 rings (SSSR count). The van der Waals surface area contributed by atoms with E-state index >= 15 is 0 Å². The average molecular weight is 793 g/mol. The smallest absolute Gasteiger partial charge is 0.339 e. The number of esters is 1. The summed E-state index contributed by atoms with van der Waals surface area (Å²) in [6, 6.07) is 6.09. The van der Waals surface area contributed by atoms with Crippen molar-refractivity contribution in [2.24, 2.45) is 46.3 Å². The van der Waals surface area contributed by atoms with Crippen LogP contribution < -0.4 is 10.0 Å². The number of carbonyl (C=O) groups excluding carboxylic acids is 2. The predicted molar refractivity (Wildman–Crippen MR) is 216 cm³/mol. The molecular weight excluding hydrogens is 729 g/mol. The van der Waals surface area contributed by atoms with E-state index in [1.165, 1.54) is 82.1 Å². The number of aryl methyl sites for hydroxylation is 2. The Hall–Kier alpha value is -3.35. The topological polar surface area (TPSA) is 157 Å². The highest BCUT2D eigenvalue weighted by Gasteiger charge is 2.59. The fourth-order valence-corrected chi connectivity index (χ4v) is 12.2. The Morgan fingerprint density at radius 2 is 1.70 bits per heavy atom. The molecule has 1 saturated heterocycles. The monoisotopic (exact) mass is 792 g/mol. The number of benzene rings is 1. The van der Waals surface area contributed by atoms with Crippen molar-refractivity contribution in [1.29, 1.82) is 0 Å². The third-order valence-electron chi connectivity index (χ3n) is 14.0. The van der Waals surface area contributed by atoms with Gasteiger partial charge in [-0.15, -0.1) is 0 Å². The van der Waals surface area contributed by atoms with Crippen LogP contribution in [-0.4, -0.2) is 60.9 Å². The number of carbonyl (C=O) groups is 2. The van der Waals surface area contributed by atoms with E-state index in [0.29, 0.717) is 22.2 Å². The zero-order valence-electron chi connectivity index (χ0n) is 34.5. The van der Waals surface area contributed by atoms with Gasteiger partial charge in [0.15, 0.2) is 0 Å². The van der Waals surface area contributed by atoms with Crippen LogP contribution in [0.4, 0.5) is 10.7 Å². The van der Waals surface area contributed by atoms with Gasteiger partial charge in [-0.2, -0.15) is 0 Å². The van der Waals surface area contributed by atoms with E-state index in [1.54, 1.807) is 25.5 Å². The maximum atomic E-state index is 12.6. The van der Waals surface area contributed by atoms with Crippen molar-refractivity contribution in [1.82, 2.24) is 14.7 Å². The molecular formula is C44H64N4O7S. The minimum Gasteiger partial charge on any atom is -0.454 e. The largest absolute Gasteiger partial charge is 0.454 e. The normalized spacial score (nSPS) is 30.3. The fraction of sp³-hybridized carbons (Fsp3) is 0.682. The molecule has 1 aliphatic heterocycles. The summed E-state index contributed by atoms with van der Waals surface area (Å²) in [6.45, 7) is 16.5. The van der Waals surface area contributed by atoms with E-state index < -0.39 is 28.1 Å². The first-order chi connectivity index (χ1) is 26.5. The number of aliphatic hydroxyl groups excluding tert-OH is 1. The van der Waals surface area contributed by atoms with Crippen LogP contribution >= 0.6 is 0 Å². The lowest BCUT2D eigenvalue weighted by atomic mass is 9.47. The van der Waals surface area contributed by atoms with E-state index in [1.807, 2.05) is 4.72 Å². The van der Waals surface area contributed by atoms with Gasteiger partial charge in [-0.1, -0.05) is 77.7 Å². The summed E-state index contributed by atoms with van der Waals surface area (Å²) in [4.78, 5) is 32.0. The Balaban J connectivity index is 0.000000190. The molecule has 0 radical (unpaired) electrons. The number of amides is 2. The van der Waals surface area contributed by atoms with E-state index in [-0.39, 0.29) is 35.7 Å². The van der Waals surface area contributed by atoms with Gasteiger partial charge >= 0.3 is 12.0 Å². The maximum Gasteiger partial charge on any atom is 0.339 e. The van der Waals surface area contributed by atoms with Crippen LogP contribution in [0.15, 0.2) is 46.9 Å². The Kier molecular flexibility index (Phi) is 13.0. The van der Waals surface area contributed by atoms with Crippen molar-refractivity contribution in [2.45, 2.75) is 136 Å². The van der Waals surface area contributed by atoms with Crippen molar-refractivity contribution in [3.05, 3.63) is 58.9 Å². The minimum atomic E-state index is -4.35. The molecule has 12 heteroatoms. The van der Waals surface area contributed by atoms with Crippen LogP contribution in [0.25, 0.3) is 0 Å². The highest BCUT2D eigenvalue weighted by Crippen LogP contribution is 2.67. The second-order valence-electron chi connectivity index (χ2n) is 18.3. The molecule has 56 heavy (non-hydrogen) atoms. The van der Waals surface area contributed by atoms with Gasteiger partial charge in [-0.3, -0.25) is 5.32 Å². The van der Waals surface area contributed by atoms with Crippen LogP contribution in [0.2, 0.25) is 0 Å². The van der Waals surface area contributed by atoms with Crippen LogP contribution in [-0.2, 0) is 19.5 Å². The van der Waals surface area contributed by atoms with E-state index in [2.05, 4.69) is 56.0 Å². The van der Waals surface area contributed by atoms with Crippen LogP contribution in [0, 0.1) is 60.2 Å². The summed E-state index contributed by atoms with van der Waals surface area (Å²) in [5.74, 6) is 4.61. The average Bonchev–Trinajstić information content (AvgIpc) is 3.47. The number of hydrogen-bond donors (Lipinski definition) is 3. The molecule has 2 aromatic rings. The summed E-state index contributed by atoms with van der Waals surface area (Å²) in [7, 11) is -4.35. The lowest BCUT2D eigenvalue weighted by Crippen LogP contribution is -2.50. The van der Waals surface area contributed by atoms with Gasteiger partial charge in [0.25, 0.3) is 10.0 Å². The number of urea groups is 1. The van der Waals surface area contributed by atoms with Crippen LogP contribution in [0.1, 0.15) is 127 Å². The van der Waals surface area contributed by atoms with Crippen LogP contribution in [0.3, 0.4) is 0 Å². The van der Waals surface area contributed by atoms with E-state index in [9.17, 15) is 23.1 Å². The minimum absolute atomic E-state index is 0.0390. The summed E-state index contributed by atoms with van der Waals surface area (Å²) >= 11 is 0. The number of sulfonamides is 1. The van der Waals surface area contributed by atoms with E-state index in [0.717, 1.165) is 48.3 Å². The molecule has 1 aromatic carbocycles. The van der Waals surface area contributed by atoms with Crippen molar-refractivity contribution in [2.75, 3.05) is 18.5 Å². The zero-order chi connectivity index (χ0) is 40.4. The second kappa shape index (κ2) is 17.2. The fourth-order valence-electron chi connectivity index (χ4n) is 11.1. The summed E-state index contributed by atoms with van der Waals surface area (Å²) in [5.41, 5.74) is 3.64. The number of aromatic nitrogens is 2. The maximum absolute atomic E-state index is 12.6. The molecule has 11 nitrogen and oxygen atoms in total. The van der Waals surface area contributed by atoms with Gasteiger partial charge in [0.05, 0.1) is 24.9 Å².